The molecular weight excluding hydrogens is 357 g/mol. The lowest BCUT2D eigenvalue weighted by Crippen LogP contribution is -2.32. The van der Waals surface area contributed by atoms with Crippen LogP contribution in [0.3, 0.4) is 0 Å². The number of nitrogens with one attached hydrogen (secondary N) is 1. The number of halogens is 2. The van der Waals surface area contributed by atoms with Crippen molar-refractivity contribution in [3.63, 3.8) is 0 Å². The quantitative estimate of drug-likeness (QED) is 0.728. The topological polar surface area (TPSA) is 38.3 Å². The lowest BCUT2D eigenvalue weighted by atomic mass is 9.92. The van der Waals surface area contributed by atoms with Crippen LogP contribution in [-0.4, -0.2) is 12.0 Å². The summed E-state index contributed by atoms with van der Waals surface area (Å²) in [5, 5.41) is 3.54. The van der Waals surface area contributed by atoms with Gasteiger partial charge in [-0.3, -0.25) is 4.79 Å². The second-order valence-electron chi connectivity index (χ2n) is 6.24. The van der Waals surface area contributed by atoms with Crippen molar-refractivity contribution >= 4 is 34.8 Å². The molecule has 132 valence electrons. The minimum absolute atomic E-state index is 0.232. The molecule has 0 spiro atoms. The fourth-order valence-electron chi connectivity index (χ4n) is 3.08. The molecule has 0 fully saturated rings. The summed E-state index contributed by atoms with van der Waals surface area (Å²) < 4.78 is 5.95. The molecule has 0 aromatic heterocycles. The Balaban J connectivity index is 1.71. The molecule has 1 unspecified atom stereocenters. The Hall–Kier alpha value is -1.71. The Morgan fingerprint density at radius 1 is 1.16 bits per heavy atom. The minimum atomic E-state index is -0.586. The molecule has 0 saturated heterocycles. The second kappa shape index (κ2) is 8.11. The fourth-order valence-corrected chi connectivity index (χ4v) is 3.43. The number of fused-ring (bicyclic) bond motifs is 1. The van der Waals surface area contributed by atoms with Crippen molar-refractivity contribution in [2.45, 2.75) is 45.1 Å². The van der Waals surface area contributed by atoms with Crippen LogP contribution in [0.4, 0.5) is 5.69 Å². The van der Waals surface area contributed by atoms with Crippen LogP contribution >= 0.6 is 23.2 Å². The first-order valence-electron chi connectivity index (χ1n) is 8.62. The first-order valence-corrected chi connectivity index (χ1v) is 9.37. The van der Waals surface area contributed by atoms with Crippen LogP contribution in [-0.2, 0) is 17.6 Å². The third kappa shape index (κ3) is 4.28. The maximum atomic E-state index is 12.6. The van der Waals surface area contributed by atoms with Gasteiger partial charge in [0, 0.05) is 0 Å². The van der Waals surface area contributed by atoms with E-state index in [9.17, 15) is 4.79 Å². The zero-order chi connectivity index (χ0) is 17.8. The Bertz CT molecular complexity index is 776. The van der Waals surface area contributed by atoms with E-state index in [1.165, 1.54) is 24.0 Å². The van der Waals surface area contributed by atoms with E-state index in [4.69, 9.17) is 27.9 Å². The summed E-state index contributed by atoms with van der Waals surface area (Å²) >= 11 is 12.1. The average Bonchev–Trinajstić information content (AvgIpc) is 2.63. The molecule has 5 heteroatoms. The normalized spacial score (nSPS) is 14.5. The standard InChI is InChI=1S/C20H21Cl2NO2/c1-2-18(20(24)23-17-9-5-8-16(21)19(17)22)25-15-11-10-13-6-3-4-7-14(13)12-15/h5,8-12,18H,2-4,6-7H2,1H3,(H,23,24). The molecule has 25 heavy (non-hydrogen) atoms. The Labute approximate surface area is 158 Å². The van der Waals surface area contributed by atoms with Crippen LogP contribution in [0.25, 0.3) is 0 Å². The van der Waals surface area contributed by atoms with Crippen molar-refractivity contribution in [3.8, 4) is 5.75 Å². The number of carbonyl (C=O) groups excluding carboxylic acids is 1. The second-order valence-corrected chi connectivity index (χ2v) is 7.03. The van der Waals surface area contributed by atoms with E-state index < -0.39 is 6.10 Å². The molecule has 0 heterocycles. The van der Waals surface area contributed by atoms with Crippen LogP contribution in [0.1, 0.15) is 37.3 Å². The number of hydrogen-bond donors (Lipinski definition) is 1. The number of amides is 1. The highest BCUT2D eigenvalue weighted by molar-refractivity contribution is 6.44. The van der Waals surface area contributed by atoms with Gasteiger partial charge in [0.25, 0.3) is 5.91 Å². The molecular formula is C20H21Cl2NO2. The van der Waals surface area contributed by atoms with Gasteiger partial charge in [0.2, 0.25) is 0 Å². The monoisotopic (exact) mass is 377 g/mol. The molecule has 0 aliphatic heterocycles. The number of hydrogen-bond acceptors (Lipinski definition) is 2. The minimum Gasteiger partial charge on any atom is -0.481 e. The highest BCUT2D eigenvalue weighted by atomic mass is 35.5. The van der Waals surface area contributed by atoms with Gasteiger partial charge in [-0.25, -0.2) is 0 Å². The molecule has 2 aromatic carbocycles. The molecule has 0 bridgehead atoms. The Morgan fingerprint density at radius 3 is 2.68 bits per heavy atom. The van der Waals surface area contributed by atoms with Crippen LogP contribution in [0.2, 0.25) is 10.0 Å². The first-order chi connectivity index (χ1) is 12.1. The van der Waals surface area contributed by atoms with E-state index in [0.717, 1.165) is 18.6 Å². The number of ether oxygens (including phenoxy) is 1. The highest BCUT2D eigenvalue weighted by Crippen LogP contribution is 2.30. The molecule has 1 N–H and O–H groups in total. The van der Waals surface area contributed by atoms with Gasteiger partial charge in [0.05, 0.1) is 15.7 Å². The summed E-state index contributed by atoms with van der Waals surface area (Å²) in [4.78, 5) is 12.6. The van der Waals surface area contributed by atoms with Gasteiger partial charge in [0.1, 0.15) is 5.75 Å². The van der Waals surface area contributed by atoms with E-state index in [0.29, 0.717) is 22.2 Å². The predicted molar refractivity (Wildman–Crippen MR) is 103 cm³/mol. The fraction of sp³-hybridized carbons (Fsp3) is 0.350. The summed E-state index contributed by atoms with van der Waals surface area (Å²) in [6.45, 7) is 1.92. The third-order valence-corrected chi connectivity index (χ3v) is 5.29. The number of rotatable bonds is 5. The third-order valence-electron chi connectivity index (χ3n) is 4.47. The van der Waals surface area contributed by atoms with Gasteiger partial charge < -0.3 is 10.1 Å². The van der Waals surface area contributed by atoms with Crippen LogP contribution in [0.5, 0.6) is 5.75 Å². The maximum Gasteiger partial charge on any atom is 0.265 e. The van der Waals surface area contributed by atoms with Gasteiger partial charge in [-0.2, -0.15) is 0 Å². The summed E-state index contributed by atoms with van der Waals surface area (Å²) in [5.41, 5.74) is 3.21. The molecule has 3 nitrogen and oxygen atoms in total. The van der Waals surface area contributed by atoms with E-state index in [1.54, 1.807) is 18.2 Å². The number of benzene rings is 2. The summed E-state index contributed by atoms with van der Waals surface area (Å²) in [7, 11) is 0. The first kappa shape index (κ1) is 18.1. The van der Waals surface area contributed by atoms with Gasteiger partial charge in [-0.05, 0) is 67.5 Å². The van der Waals surface area contributed by atoms with Crippen molar-refractivity contribution in [3.05, 3.63) is 57.6 Å². The van der Waals surface area contributed by atoms with E-state index in [2.05, 4.69) is 17.4 Å². The van der Waals surface area contributed by atoms with Gasteiger partial charge in [0.15, 0.2) is 6.10 Å². The Morgan fingerprint density at radius 2 is 1.92 bits per heavy atom. The highest BCUT2D eigenvalue weighted by Gasteiger charge is 2.20. The zero-order valence-corrected chi connectivity index (χ0v) is 15.7. The molecule has 1 amide bonds. The van der Waals surface area contributed by atoms with Crippen molar-refractivity contribution in [2.24, 2.45) is 0 Å². The van der Waals surface area contributed by atoms with Crippen LogP contribution < -0.4 is 10.1 Å². The molecule has 1 atom stereocenters. The molecule has 3 rings (SSSR count). The molecule has 2 aromatic rings. The van der Waals surface area contributed by atoms with Gasteiger partial charge in [-0.15, -0.1) is 0 Å². The Kier molecular flexibility index (Phi) is 5.87. The SMILES string of the molecule is CCC(Oc1ccc2c(c1)CCCC2)C(=O)Nc1cccc(Cl)c1Cl. The van der Waals surface area contributed by atoms with Crippen molar-refractivity contribution in [1.29, 1.82) is 0 Å². The number of anilines is 1. The van der Waals surface area contributed by atoms with Gasteiger partial charge in [-0.1, -0.05) is 42.3 Å². The summed E-state index contributed by atoms with van der Waals surface area (Å²) in [6, 6.07) is 11.3. The van der Waals surface area contributed by atoms with E-state index >= 15 is 0 Å². The number of carbonyl (C=O) groups is 1. The maximum absolute atomic E-state index is 12.6. The zero-order valence-electron chi connectivity index (χ0n) is 14.1. The summed E-state index contributed by atoms with van der Waals surface area (Å²) in [6.07, 6.45) is 4.63. The smallest absolute Gasteiger partial charge is 0.265 e. The average molecular weight is 378 g/mol. The van der Waals surface area contributed by atoms with Crippen molar-refractivity contribution in [2.75, 3.05) is 5.32 Å². The van der Waals surface area contributed by atoms with Crippen LogP contribution in [0.15, 0.2) is 36.4 Å². The van der Waals surface area contributed by atoms with Crippen LogP contribution in [0, 0.1) is 0 Å². The lowest BCUT2D eigenvalue weighted by Gasteiger charge is -2.20. The molecule has 1 aliphatic carbocycles. The lowest BCUT2D eigenvalue weighted by molar-refractivity contribution is -0.122. The number of aryl methyl sites for hydroxylation is 2. The van der Waals surface area contributed by atoms with Crippen molar-refractivity contribution < 1.29 is 9.53 Å². The van der Waals surface area contributed by atoms with Crippen molar-refractivity contribution in [1.82, 2.24) is 0 Å². The molecule has 0 saturated carbocycles. The molecule has 0 radical (unpaired) electrons. The summed E-state index contributed by atoms with van der Waals surface area (Å²) in [5.74, 6) is 0.504. The van der Waals surface area contributed by atoms with Gasteiger partial charge >= 0.3 is 0 Å². The molecule has 1 aliphatic rings. The van der Waals surface area contributed by atoms with E-state index in [-0.39, 0.29) is 5.91 Å². The predicted octanol–water partition coefficient (Wildman–Crippen LogP) is 5.67. The largest absolute Gasteiger partial charge is 0.481 e. The van der Waals surface area contributed by atoms with E-state index in [1.807, 2.05) is 13.0 Å².